The van der Waals surface area contributed by atoms with E-state index in [1.807, 2.05) is 38.4 Å². The molecule has 0 radical (unpaired) electrons. The topological polar surface area (TPSA) is 114 Å². The Bertz CT molecular complexity index is 1630. The van der Waals surface area contributed by atoms with Crippen LogP contribution in [0.25, 0.3) is 11.1 Å². The maximum atomic E-state index is 13.9. The molecule has 2 aromatic carbocycles. The molecule has 2 fully saturated rings. The Hall–Kier alpha value is -4.74. The number of likely N-dealkylation sites (tertiary alicyclic amines) is 1. The summed E-state index contributed by atoms with van der Waals surface area (Å²) in [4.78, 5) is 57.7. The van der Waals surface area contributed by atoms with E-state index in [4.69, 9.17) is 9.47 Å². The van der Waals surface area contributed by atoms with Crippen LogP contribution in [0.5, 0.6) is 0 Å². The van der Waals surface area contributed by atoms with Crippen molar-refractivity contribution in [3.63, 3.8) is 0 Å². The van der Waals surface area contributed by atoms with Gasteiger partial charge in [-0.2, -0.15) is 5.10 Å². The predicted molar refractivity (Wildman–Crippen MR) is 165 cm³/mol. The van der Waals surface area contributed by atoms with Crippen LogP contribution < -0.4 is 0 Å². The Kier molecular flexibility index (Phi) is 8.79. The van der Waals surface area contributed by atoms with Crippen LogP contribution in [0, 0.1) is 5.82 Å². The van der Waals surface area contributed by atoms with E-state index in [2.05, 4.69) is 5.10 Å². The summed E-state index contributed by atoms with van der Waals surface area (Å²) >= 11 is 0. The van der Waals surface area contributed by atoms with Crippen molar-refractivity contribution in [3.05, 3.63) is 77.4 Å². The van der Waals surface area contributed by atoms with E-state index in [0.717, 1.165) is 34.4 Å². The Morgan fingerprint density at radius 1 is 1.11 bits per heavy atom. The van der Waals surface area contributed by atoms with Gasteiger partial charge in [-0.05, 0) is 54.5 Å². The van der Waals surface area contributed by atoms with E-state index in [9.17, 15) is 23.6 Å². The number of carbonyl (C=O) groups excluding carboxylic acids is 4. The summed E-state index contributed by atoms with van der Waals surface area (Å²) in [5.41, 5.74) is 2.67. The number of halogens is 1. The molecule has 0 saturated carbocycles. The normalized spacial score (nSPS) is 19.5. The zero-order valence-corrected chi connectivity index (χ0v) is 26.1. The van der Waals surface area contributed by atoms with Gasteiger partial charge in [0.05, 0.1) is 12.8 Å². The van der Waals surface area contributed by atoms with E-state index in [1.54, 1.807) is 32.8 Å². The first-order chi connectivity index (χ1) is 22.2. The van der Waals surface area contributed by atoms with Crippen LogP contribution in [0.15, 0.2) is 54.9 Å². The molecule has 1 unspecified atom stereocenters. The van der Waals surface area contributed by atoms with Gasteiger partial charge in [0, 0.05) is 56.5 Å². The fourth-order valence-electron chi connectivity index (χ4n) is 6.59. The lowest BCUT2D eigenvalue weighted by Crippen LogP contribution is -2.51. The van der Waals surface area contributed by atoms with E-state index in [1.165, 1.54) is 12.1 Å². The largest absolute Gasteiger partial charge is 0.449 e. The fourth-order valence-corrected chi connectivity index (χ4v) is 6.59. The summed E-state index contributed by atoms with van der Waals surface area (Å²) in [6, 6.07) is 11.3. The number of fused-ring (bicyclic) bond motifs is 2. The monoisotopic (exact) mass is 631 g/mol. The summed E-state index contributed by atoms with van der Waals surface area (Å²) in [5, 5.41) is 4.23. The van der Waals surface area contributed by atoms with Crippen molar-refractivity contribution in [1.82, 2.24) is 24.5 Å². The van der Waals surface area contributed by atoms with E-state index < -0.39 is 35.9 Å². The van der Waals surface area contributed by atoms with Crippen LogP contribution in [0.2, 0.25) is 0 Å². The number of ether oxygens (including phenoxy) is 2. The molecule has 3 aliphatic rings. The van der Waals surface area contributed by atoms with Crippen LogP contribution in [0.1, 0.15) is 55.7 Å². The van der Waals surface area contributed by atoms with Crippen LogP contribution in [0.4, 0.5) is 14.0 Å². The van der Waals surface area contributed by atoms with Crippen LogP contribution in [-0.4, -0.2) is 80.8 Å². The minimum Gasteiger partial charge on any atom is -0.449 e. The quantitative estimate of drug-likeness (QED) is 0.313. The zero-order chi connectivity index (χ0) is 32.4. The number of nitrogens with zero attached hydrogens (tertiary/aromatic N) is 5. The Morgan fingerprint density at radius 3 is 2.57 bits per heavy atom. The minimum absolute atomic E-state index is 0.160. The second-order valence-electron chi connectivity index (χ2n) is 12.2. The number of amides is 4. The molecule has 242 valence electrons. The van der Waals surface area contributed by atoms with Crippen LogP contribution in [-0.2, 0) is 44.7 Å². The second-order valence-corrected chi connectivity index (χ2v) is 12.2. The summed E-state index contributed by atoms with van der Waals surface area (Å²) in [5.74, 6) is -1.37. The molecule has 3 heterocycles. The van der Waals surface area contributed by atoms with Crippen molar-refractivity contribution in [2.24, 2.45) is 7.05 Å². The molecule has 46 heavy (non-hydrogen) atoms. The standard InChI is InChI=1S/C34H38FN5O6/c1-3-4-17-45-32(43)38-15-12-28(13-16-38)39(20-23-5-8-27(35)9-6-23)30(41)22-40-31(42)34(46-33(40)44)14-11-25-18-24(7-10-29(25)34)26-19-36-37(2)21-26/h5-10,18-19,21,28H,3-4,11-17,20,22H2,1-2H3. The smallest absolute Gasteiger partial charge is 0.418 e. The predicted octanol–water partition coefficient (Wildman–Crippen LogP) is 4.78. The highest BCUT2D eigenvalue weighted by Crippen LogP contribution is 2.46. The summed E-state index contributed by atoms with van der Waals surface area (Å²) in [6.07, 6.45) is 5.97. The first kappa shape index (κ1) is 31.3. The van der Waals surface area contributed by atoms with Gasteiger partial charge in [0.2, 0.25) is 11.5 Å². The number of benzene rings is 2. The molecule has 3 aromatic rings. The molecule has 4 amide bonds. The second kappa shape index (κ2) is 12.9. The third kappa shape index (κ3) is 6.08. The van der Waals surface area contributed by atoms with Gasteiger partial charge in [-0.25, -0.2) is 18.9 Å². The van der Waals surface area contributed by atoms with Crippen molar-refractivity contribution in [2.75, 3.05) is 26.2 Å². The molecule has 2 aliphatic heterocycles. The first-order valence-corrected chi connectivity index (χ1v) is 15.8. The molecule has 0 N–H and O–H groups in total. The van der Waals surface area contributed by atoms with Crippen LogP contribution >= 0.6 is 0 Å². The van der Waals surface area contributed by atoms with E-state index in [0.29, 0.717) is 56.5 Å². The summed E-state index contributed by atoms with van der Waals surface area (Å²) in [6.45, 7) is 2.86. The van der Waals surface area contributed by atoms with Gasteiger partial charge < -0.3 is 19.3 Å². The SMILES string of the molecule is CCCCOC(=O)N1CCC(N(Cc2ccc(F)cc2)C(=O)CN2C(=O)OC3(CCc4cc(-c5cnn(C)c5)ccc43)C2=O)CC1. The molecular weight excluding hydrogens is 593 g/mol. The summed E-state index contributed by atoms with van der Waals surface area (Å²) < 4.78 is 26.5. The molecule has 1 spiro atoms. The van der Waals surface area contributed by atoms with Crippen molar-refractivity contribution in [3.8, 4) is 11.1 Å². The number of aromatic nitrogens is 2. The van der Waals surface area contributed by atoms with Crippen molar-refractivity contribution in [2.45, 2.75) is 63.6 Å². The average molecular weight is 632 g/mol. The molecule has 1 aliphatic carbocycles. The lowest BCUT2D eigenvalue weighted by atomic mass is 9.93. The van der Waals surface area contributed by atoms with Gasteiger partial charge in [0.1, 0.15) is 12.4 Å². The number of unbranched alkanes of at least 4 members (excludes halogenated alkanes) is 1. The minimum atomic E-state index is -1.47. The molecule has 0 bridgehead atoms. The highest BCUT2D eigenvalue weighted by molar-refractivity contribution is 6.06. The van der Waals surface area contributed by atoms with Gasteiger partial charge >= 0.3 is 12.2 Å². The third-order valence-corrected chi connectivity index (χ3v) is 9.16. The zero-order valence-electron chi connectivity index (χ0n) is 26.1. The number of aryl methyl sites for hydroxylation is 2. The van der Waals surface area contributed by atoms with Gasteiger partial charge in [-0.15, -0.1) is 0 Å². The molecule has 2 saturated heterocycles. The molecule has 1 aromatic heterocycles. The first-order valence-electron chi connectivity index (χ1n) is 15.8. The van der Waals surface area contributed by atoms with Gasteiger partial charge in [0.25, 0.3) is 5.91 Å². The van der Waals surface area contributed by atoms with Gasteiger partial charge in [-0.1, -0.05) is 43.7 Å². The highest BCUT2D eigenvalue weighted by atomic mass is 19.1. The number of imide groups is 1. The number of hydrogen-bond donors (Lipinski definition) is 0. The number of hydrogen-bond acceptors (Lipinski definition) is 7. The van der Waals surface area contributed by atoms with Crippen molar-refractivity contribution >= 4 is 24.0 Å². The van der Waals surface area contributed by atoms with Gasteiger partial charge in [0.15, 0.2) is 0 Å². The molecular formula is C34H38FN5O6. The molecule has 11 nitrogen and oxygen atoms in total. The average Bonchev–Trinajstić information content (AvgIpc) is 3.72. The molecule has 1 atom stereocenters. The maximum absolute atomic E-state index is 13.9. The van der Waals surface area contributed by atoms with Gasteiger partial charge in [-0.3, -0.25) is 14.3 Å². The molecule has 12 heteroatoms. The number of piperidine rings is 1. The molecule has 6 rings (SSSR count). The van der Waals surface area contributed by atoms with Crippen LogP contribution in [0.3, 0.4) is 0 Å². The number of rotatable bonds is 9. The Labute approximate surface area is 266 Å². The van der Waals surface area contributed by atoms with E-state index in [-0.39, 0.29) is 18.7 Å². The van der Waals surface area contributed by atoms with Crippen molar-refractivity contribution in [1.29, 1.82) is 0 Å². The summed E-state index contributed by atoms with van der Waals surface area (Å²) in [7, 11) is 1.84. The fraction of sp³-hybridized carbons (Fsp3) is 0.441. The Morgan fingerprint density at radius 2 is 1.87 bits per heavy atom. The lowest BCUT2D eigenvalue weighted by Gasteiger charge is -2.38. The maximum Gasteiger partial charge on any atom is 0.418 e. The highest BCUT2D eigenvalue weighted by Gasteiger charge is 2.58. The third-order valence-electron chi connectivity index (χ3n) is 9.16. The number of carbonyl (C=O) groups is 4. The van der Waals surface area contributed by atoms with E-state index >= 15 is 0 Å². The van der Waals surface area contributed by atoms with Crippen molar-refractivity contribution < 1.29 is 33.0 Å². The Balaban J connectivity index is 1.18. The lowest BCUT2D eigenvalue weighted by molar-refractivity contribution is -0.143.